The molecule has 0 fully saturated rings. The number of halogens is 3. The number of hydrogen-bond donors (Lipinski definition) is 2. The summed E-state index contributed by atoms with van der Waals surface area (Å²) >= 11 is 13.0. The molecule has 0 aromatic heterocycles. The molecule has 3 aromatic rings. The molecule has 0 saturated heterocycles. The van der Waals surface area contributed by atoms with E-state index in [1.54, 1.807) is 30.3 Å². The van der Waals surface area contributed by atoms with Crippen LogP contribution < -0.4 is 5.32 Å². The minimum atomic E-state index is -3.50. The van der Waals surface area contributed by atoms with E-state index in [9.17, 15) is 32.3 Å². The number of allylic oxidation sites excluding steroid dienone is 1. The molecule has 41 heavy (non-hydrogen) atoms. The van der Waals surface area contributed by atoms with E-state index in [1.807, 2.05) is 0 Å². The number of nitrogens with one attached hydrogen (secondary N) is 1. The summed E-state index contributed by atoms with van der Waals surface area (Å²) in [5.74, 6) is -3.09. The molecule has 0 bridgehead atoms. The van der Waals surface area contributed by atoms with Crippen LogP contribution in [0.1, 0.15) is 39.0 Å². The number of carboxylic acid groups (broad SMARTS) is 1. The smallest absolute Gasteiger partial charge is 0.326 e. The van der Waals surface area contributed by atoms with Gasteiger partial charge in [-0.05, 0) is 72.4 Å². The van der Waals surface area contributed by atoms with Gasteiger partial charge >= 0.3 is 5.97 Å². The number of rotatable bonds is 9. The summed E-state index contributed by atoms with van der Waals surface area (Å²) in [6.07, 6.45) is 4.83. The van der Waals surface area contributed by atoms with Crippen molar-refractivity contribution in [3.05, 3.63) is 104 Å². The Kier molecular flexibility index (Phi) is 9.31. The van der Waals surface area contributed by atoms with Gasteiger partial charge in [0.2, 0.25) is 0 Å². The van der Waals surface area contributed by atoms with Gasteiger partial charge in [-0.15, -0.1) is 0 Å². The fourth-order valence-electron chi connectivity index (χ4n) is 4.79. The van der Waals surface area contributed by atoms with Crippen LogP contribution in [0, 0.1) is 11.7 Å². The highest BCUT2D eigenvalue weighted by molar-refractivity contribution is 7.90. The van der Waals surface area contributed by atoms with E-state index in [0.29, 0.717) is 41.5 Å². The fourth-order valence-corrected chi connectivity index (χ4v) is 6.24. The Morgan fingerprint density at radius 2 is 1.85 bits per heavy atom. The summed E-state index contributed by atoms with van der Waals surface area (Å²) in [4.78, 5) is 38.0. The molecule has 0 radical (unpaired) electrons. The lowest BCUT2D eigenvalue weighted by Gasteiger charge is -2.25. The summed E-state index contributed by atoms with van der Waals surface area (Å²) in [6.45, 7) is 0. The number of carbonyl (C=O) groups is 3. The van der Waals surface area contributed by atoms with Crippen molar-refractivity contribution < 1.29 is 32.3 Å². The van der Waals surface area contributed by atoms with E-state index >= 15 is 0 Å². The van der Waals surface area contributed by atoms with E-state index in [0.717, 1.165) is 6.26 Å². The van der Waals surface area contributed by atoms with Crippen LogP contribution in [0.25, 0.3) is 6.08 Å². The average Bonchev–Trinajstić information content (AvgIpc) is 2.91. The summed E-state index contributed by atoms with van der Waals surface area (Å²) in [7, 11) is -3.50. The quantitative estimate of drug-likeness (QED) is 0.313. The number of fused-ring (bicyclic) bond motifs is 1. The third-order valence-electron chi connectivity index (χ3n) is 6.95. The standard InChI is InChI=1S/C30H26Cl2FNO6S/c1-41(39,40)21-7-4-5-17(13-21)14-25(30(37)38)34-29(36)27-23(31)16-20-15-19(9-11-22(20)28(27)32)26(35)12-10-18-6-2-3-8-24(18)33/h2-8,10,12-13,16,19,25H,9,11,14-15H2,1H3,(H,34,36)(H,37,38)/t19?,25-/m0/s1. The Morgan fingerprint density at radius 3 is 2.54 bits per heavy atom. The van der Waals surface area contributed by atoms with Crippen molar-refractivity contribution in [3.63, 3.8) is 0 Å². The molecular weight excluding hydrogens is 592 g/mol. The second-order valence-corrected chi connectivity index (χ2v) is 12.7. The number of carbonyl (C=O) groups excluding carboxylic acids is 2. The molecule has 0 heterocycles. The number of carboxylic acids is 1. The van der Waals surface area contributed by atoms with Crippen LogP contribution in [0.4, 0.5) is 4.39 Å². The molecule has 2 N–H and O–H groups in total. The molecule has 0 aliphatic heterocycles. The maximum absolute atomic E-state index is 13.9. The van der Waals surface area contributed by atoms with Crippen LogP contribution in [0.5, 0.6) is 0 Å². The monoisotopic (exact) mass is 617 g/mol. The molecule has 4 rings (SSSR count). The molecule has 3 aromatic carbocycles. The molecule has 7 nitrogen and oxygen atoms in total. The maximum Gasteiger partial charge on any atom is 0.326 e. The first-order chi connectivity index (χ1) is 19.3. The predicted molar refractivity (Wildman–Crippen MR) is 155 cm³/mol. The van der Waals surface area contributed by atoms with Crippen molar-refractivity contribution in [1.29, 1.82) is 0 Å². The van der Waals surface area contributed by atoms with Crippen LogP contribution in [-0.2, 0) is 38.7 Å². The van der Waals surface area contributed by atoms with Crippen LogP contribution in [0.3, 0.4) is 0 Å². The molecule has 1 unspecified atom stereocenters. The zero-order valence-electron chi connectivity index (χ0n) is 21.9. The second kappa shape index (κ2) is 12.5. The molecule has 0 spiro atoms. The Balaban J connectivity index is 1.51. The van der Waals surface area contributed by atoms with Gasteiger partial charge < -0.3 is 10.4 Å². The van der Waals surface area contributed by atoms with E-state index in [4.69, 9.17) is 23.2 Å². The number of sulfone groups is 1. The average molecular weight is 619 g/mol. The lowest BCUT2D eigenvalue weighted by Crippen LogP contribution is -2.42. The highest BCUT2D eigenvalue weighted by Gasteiger charge is 2.30. The minimum Gasteiger partial charge on any atom is -0.480 e. The molecule has 11 heteroatoms. The number of amides is 1. The van der Waals surface area contributed by atoms with Crippen LogP contribution >= 0.6 is 23.2 Å². The van der Waals surface area contributed by atoms with Crippen molar-refractivity contribution in [1.82, 2.24) is 5.32 Å². The minimum absolute atomic E-state index is 0.00413. The summed E-state index contributed by atoms with van der Waals surface area (Å²) in [5, 5.41) is 12.3. The highest BCUT2D eigenvalue weighted by atomic mass is 35.5. The Morgan fingerprint density at radius 1 is 1.12 bits per heavy atom. The first kappa shape index (κ1) is 30.4. The Bertz CT molecular complexity index is 1670. The lowest BCUT2D eigenvalue weighted by atomic mass is 9.80. The number of ketones is 1. The normalized spacial score (nSPS) is 15.8. The summed E-state index contributed by atoms with van der Waals surface area (Å²) < 4.78 is 37.6. The van der Waals surface area contributed by atoms with Gasteiger partial charge in [-0.3, -0.25) is 9.59 Å². The van der Waals surface area contributed by atoms with E-state index in [2.05, 4.69) is 5.32 Å². The van der Waals surface area contributed by atoms with Crippen LogP contribution in [-0.4, -0.2) is 43.5 Å². The zero-order valence-corrected chi connectivity index (χ0v) is 24.2. The van der Waals surface area contributed by atoms with Gasteiger partial charge in [0.1, 0.15) is 11.9 Å². The van der Waals surface area contributed by atoms with Crippen molar-refractivity contribution in [3.8, 4) is 0 Å². The van der Waals surface area contributed by atoms with Gasteiger partial charge in [0.05, 0.1) is 20.5 Å². The summed E-state index contributed by atoms with van der Waals surface area (Å²) in [6, 6.07) is 12.1. The van der Waals surface area contributed by atoms with Gasteiger partial charge in [-0.25, -0.2) is 17.6 Å². The van der Waals surface area contributed by atoms with Gasteiger partial charge in [0, 0.05) is 24.2 Å². The first-order valence-electron chi connectivity index (χ1n) is 12.6. The van der Waals surface area contributed by atoms with Gasteiger partial charge in [-0.2, -0.15) is 0 Å². The Hall–Kier alpha value is -3.53. The molecule has 1 amide bonds. The van der Waals surface area contributed by atoms with Gasteiger partial charge in [0.25, 0.3) is 5.91 Å². The topological polar surface area (TPSA) is 118 Å². The van der Waals surface area contributed by atoms with E-state index in [1.165, 1.54) is 36.4 Å². The van der Waals surface area contributed by atoms with Crippen LogP contribution in [0.15, 0.2) is 65.6 Å². The molecule has 0 saturated carbocycles. The Labute approximate surface area is 246 Å². The molecule has 2 atom stereocenters. The maximum atomic E-state index is 13.9. The number of aliphatic carboxylic acids is 1. The molecule has 1 aliphatic rings. The lowest BCUT2D eigenvalue weighted by molar-refractivity contribution is -0.139. The number of hydrogen-bond acceptors (Lipinski definition) is 5. The third-order valence-corrected chi connectivity index (χ3v) is 8.78. The van der Waals surface area contributed by atoms with Gasteiger partial charge in [0.15, 0.2) is 15.6 Å². The van der Waals surface area contributed by atoms with Crippen molar-refractivity contribution in [2.75, 3.05) is 6.26 Å². The SMILES string of the molecule is CS(=O)(=O)c1cccc(C[C@H](NC(=O)c2c(Cl)cc3c(c2Cl)CCC(C(=O)C=Cc2ccccc2F)C3)C(=O)O)c1. The summed E-state index contributed by atoms with van der Waals surface area (Å²) in [5.41, 5.74) is 1.99. The first-order valence-corrected chi connectivity index (χ1v) is 15.3. The number of benzene rings is 3. The van der Waals surface area contributed by atoms with Crippen molar-refractivity contribution in [2.45, 2.75) is 36.6 Å². The third kappa shape index (κ3) is 7.22. The van der Waals surface area contributed by atoms with Crippen molar-refractivity contribution >= 4 is 56.8 Å². The zero-order chi connectivity index (χ0) is 29.9. The van der Waals surface area contributed by atoms with Gasteiger partial charge in [-0.1, -0.05) is 53.5 Å². The molecule has 214 valence electrons. The predicted octanol–water partition coefficient (Wildman–Crippen LogP) is 5.35. The molecular formula is C30H26Cl2FNO6S. The van der Waals surface area contributed by atoms with E-state index < -0.39 is 33.6 Å². The van der Waals surface area contributed by atoms with Crippen molar-refractivity contribution in [2.24, 2.45) is 5.92 Å². The molecule has 1 aliphatic carbocycles. The van der Waals surface area contributed by atoms with E-state index in [-0.39, 0.29) is 38.6 Å². The van der Waals surface area contributed by atoms with Crippen LogP contribution in [0.2, 0.25) is 10.0 Å². The largest absolute Gasteiger partial charge is 0.480 e. The fraction of sp³-hybridized carbons (Fsp3) is 0.233. The second-order valence-electron chi connectivity index (χ2n) is 9.87. The highest BCUT2D eigenvalue weighted by Crippen LogP contribution is 2.37.